The van der Waals surface area contributed by atoms with Gasteiger partial charge in [0.25, 0.3) is 0 Å². The second-order valence-electron chi connectivity index (χ2n) is 12.0. The van der Waals surface area contributed by atoms with Crippen LogP contribution >= 0.6 is 23.2 Å². The monoisotopic (exact) mass is 714 g/mol. The van der Waals surface area contributed by atoms with E-state index in [2.05, 4.69) is 31.1 Å². The van der Waals surface area contributed by atoms with Crippen LogP contribution in [0.1, 0.15) is 13.8 Å². The Balaban J connectivity index is 1.46. The van der Waals surface area contributed by atoms with Crippen molar-refractivity contribution in [1.82, 2.24) is 31.1 Å². The molecule has 15 heteroatoms. The number of ether oxygens (including phenoxy) is 5. The van der Waals surface area contributed by atoms with E-state index in [0.717, 1.165) is 26.2 Å². The molecule has 0 saturated carbocycles. The molecule has 4 atom stereocenters. The van der Waals surface area contributed by atoms with Gasteiger partial charge in [0, 0.05) is 89.3 Å². The van der Waals surface area contributed by atoms with Crippen molar-refractivity contribution in [2.45, 2.75) is 37.5 Å². The minimum absolute atomic E-state index is 0.399. The first-order valence-corrected chi connectivity index (χ1v) is 17.2. The quantitative estimate of drug-likeness (QED) is 0.290. The predicted molar refractivity (Wildman–Crippen MR) is 191 cm³/mol. The molecule has 0 bridgehead atoms. The van der Waals surface area contributed by atoms with Crippen molar-refractivity contribution < 1.29 is 23.7 Å². The summed E-state index contributed by atoms with van der Waals surface area (Å²) in [4.78, 5) is 14.3. The van der Waals surface area contributed by atoms with Crippen molar-refractivity contribution in [3.8, 4) is 23.0 Å². The van der Waals surface area contributed by atoms with Gasteiger partial charge < -0.3 is 54.8 Å². The first kappa shape index (κ1) is 35.0. The molecular weight excluding hydrogens is 671 g/mol. The van der Waals surface area contributed by atoms with E-state index in [1.807, 2.05) is 13.8 Å². The van der Waals surface area contributed by atoms with Crippen LogP contribution in [-0.4, -0.2) is 112 Å². The highest BCUT2D eigenvalue weighted by atomic mass is 35.5. The van der Waals surface area contributed by atoms with Crippen molar-refractivity contribution in [2.75, 3.05) is 66.6 Å². The number of piperazine rings is 2. The highest BCUT2D eigenvalue weighted by Gasteiger charge is 2.58. The maximum Gasteiger partial charge on any atom is 0.237 e. The maximum atomic E-state index is 7.58. The SMILES string of the molecule is COc1ccc(OC(C)C2(OC3(C(C)Oc4ccc(OC)cc4Cl)NC=CN=C3N3CCNCC3)NC=CN=C2N2CCNCC2)c(Cl)c1. The van der Waals surface area contributed by atoms with Gasteiger partial charge in [-0.05, 0) is 38.1 Å². The molecule has 0 aliphatic carbocycles. The number of aliphatic imine (C=N–C) groups is 2. The Kier molecular flexibility index (Phi) is 10.9. The largest absolute Gasteiger partial charge is 0.497 e. The number of halogens is 2. The highest BCUT2D eigenvalue weighted by molar-refractivity contribution is 6.32. The normalized spacial score (nSPS) is 24.9. The molecule has 0 spiro atoms. The van der Waals surface area contributed by atoms with Gasteiger partial charge in [-0.2, -0.15) is 0 Å². The van der Waals surface area contributed by atoms with Crippen molar-refractivity contribution in [3.05, 3.63) is 71.2 Å². The minimum Gasteiger partial charge on any atom is -0.497 e. The lowest BCUT2D eigenvalue weighted by Crippen LogP contribution is -2.77. The van der Waals surface area contributed by atoms with Crippen LogP contribution in [0.4, 0.5) is 0 Å². The Morgan fingerprint density at radius 1 is 0.673 bits per heavy atom. The van der Waals surface area contributed by atoms with Gasteiger partial charge in [0.15, 0.2) is 23.9 Å². The minimum atomic E-state index is -1.39. The summed E-state index contributed by atoms with van der Waals surface area (Å²) < 4.78 is 31.7. The molecule has 2 saturated heterocycles. The van der Waals surface area contributed by atoms with E-state index in [-0.39, 0.29) is 0 Å². The molecule has 13 nitrogen and oxygen atoms in total. The summed E-state index contributed by atoms with van der Waals surface area (Å²) in [6, 6.07) is 10.6. The number of rotatable bonds is 10. The summed E-state index contributed by atoms with van der Waals surface area (Å²) in [5.74, 6) is 3.47. The third-order valence-electron chi connectivity index (χ3n) is 8.99. The molecule has 4 heterocycles. The number of methoxy groups -OCH3 is 2. The fourth-order valence-electron chi connectivity index (χ4n) is 6.37. The molecule has 6 rings (SSSR count). The van der Waals surface area contributed by atoms with E-state index in [0.29, 0.717) is 70.9 Å². The van der Waals surface area contributed by atoms with Crippen LogP contribution in [0, 0.1) is 0 Å². The summed E-state index contributed by atoms with van der Waals surface area (Å²) in [6.07, 6.45) is 5.58. The van der Waals surface area contributed by atoms with Crippen LogP contribution in [-0.2, 0) is 4.74 Å². The van der Waals surface area contributed by atoms with Crippen LogP contribution in [0.2, 0.25) is 10.0 Å². The summed E-state index contributed by atoms with van der Waals surface area (Å²) in [7, 11) is 3.19. The topological polar surface area (TPSA) is 125 Å². The van der Waals surface area contributed by atoms with E-state index < -0.39 is 23.7 Å². The summed E-state index contributed by atoms with van der Waals surface area (Å²) in [6.45, 7) is 9.85. The predicted octanol–water partition coefficient (Wildman–Crippen LogP) is 3.41. The maximum absolute atomic E-state index is 7.58. The van der Waals surface area contributed by atoms with Crippen LogP contribution in [0.5, 0.6) is 23.0 Å². The average Bonchev–Trinajstić information content (AvgIpc) is 3.14. The molecule has 2 aromatic rings. The van der Waals surface area contributed by atoms with Gasteiger partial charge >= 0.3 is 0 Å². The molecular formula is C34H44Cl2N8O5. The Morgan fingerprint density at radius 3 is 1.45 bits per heavy atom. The van der Waals surface area contributed by atoms with E-state index in [9.17, 15) is 0 Å². The molecule has 49 heavy (non-hydrogen) atoms. The number of hydrogen-bond donors (Lipinski definition) is 4. The molecule has 0 aromatic heterocycles. The lowest BCUT2D eigenvalue weighted by atomic mass is 9.97. The number of hydrogen-bond acceptors (Lipinski definition) is 13. The zero-order valence-corrected chi connectivity index (χ0v) is 29.7. The zero-order valence-electron chi connectivity index (χ0n) is 28.2. The van der Waals surface area contributed by atoms with Crippen LogP contribution in [0.15, 0.2) is 71.2 Å². The van der Waals surface area contributed by atoms with Gasteiger partial charge in [-0.1, -0.05) is 23.2 Å². The smallest absolute Gasteiger partial charge is 0.237 e. The van der Waals surface area contributed by atoms with Crippen LogP contribution in [0.25, 0.3) is 0 Å². The molecule has 0 radical (unpaired) electrons. The number of nitrogens with one attached hydrogen (secondary N) is 4. The van der Waals surface area contributed by atoms with E-state index in [4.69, 9.17) is 56.9 Å². The van der Waals surface area contributed by atoms with Gasteiger partial charge in [-0.15, -0.1) is 0 Å². The lowest BCUT2D eigenvalue weighted by molar-refractivity contribution is -0.184. The fourth-order valence-corrected chi connectivity index (χ4v) is 6.80. The first-order valence-electron chi connectivity index (χ1n) is 16.4. The van der Waals surface area contributed by atoms with E-state index in [1.54, 1.807) is 75.4 Å². The molecule has 4 unspecified atom stereocenters. The first-order chi connectivity index (χ1) is 23.8. The van der Waals surface area contributed by atoms with Gasteiger partial charge in [0.1, 0.15) is 23.0 Å². The molecule has 4 aliphatic heterocycles. The van der Waals surface area contributed by atoms with Gasteiger partial charge in [-0.25, -0.2) is 9.98 Å². The number of amidine groups is 2. The van der Waals surface area contributed by atoms with E-state index >= 15 is 0 Å². The molecule has 4 N–H and O–H groups in total. The second kappa shape index (κ2) is 15.3. The van der Waals surface area contributed by atoms with Gasteiger partial charge in [0.2, 0.25) is 11.4 Å². The Morgan fingerprint density at radius 2 is 1.08 bits per heavy atom. The molecule has 0 amide bonds. The molecule has 2 aromatic carbocycles. The third-order valence-corrected chi connectivity index (χ3v) is 9.58. The lowest BCUT2D eigenvalue weighted by Gasteiger charge is -2.53. The van der Waals surface area contributed by atoms with Crippen LogP contribution in [0.3, 0.4) is 0 Å². The van der Waals surface area contributed by atoms with E-state index in [1.165, 1.54) is 0 Å². The van der Waals surface area contributed by atoms with Crippen molar-refractivity contribution in [1.29, 1.82) is 0 Å². The molecule has 4 aliphatic rings. The standard InChI is InChI=1S/C34H44Cl2N8O5/c1-23(47-29-7-5-25(45-3)21-27(29)35)33(31(39-9-11-41-33)43-17-13-37-14-18-43)49-34(24(2)48-30-8-6-26(46-4)22-28(30)36)32(40-10-12-42-34)44-19-15-38-16-20-44/h5-12,21-24,37-38,41-42H,13-20H2,1-4H3. The molecule has 2 fully saturated rings. The average molecular weight is 716 g/mol. The van der Waals surface area contributed by atoms with Gasteiger partial charge in [-0.3, -0.25) is 0 Å². The zero-order chi connectivity index (χ0) is 34.4. The molecule has 264 valence electrons. The second-order valence-corrected chi connectivity index (χ2v) is 12.8. The van der Waals surface area contributed by atoms with Gasteiger partial charge in [0.05, 0.1) is 24.3 Å². The summed E-state index contributed by atoms with van der Waals surface area (Å²) in [5, 5.41) is 14.8. The summed E-state index contributed by atoms with van der Waals surface area (Å²) in [5.41, 5.74) is -2.77. The number of nitrogens with zero attached hydrogens (tertiary/aromatic N) is 4. The Hall–Kier alpha value is -3.88. The van der Waals surface area contributed by atoms with Crippen molar-refractivity contribution in [2.24, 2.45) is 9.98 Å². The Labute approximate surface area is 297 Å². The highest BCUT2D eigenvalue weighted by Crippen LogP contribution is 2.38. The Bertz CT molecular complexity index is 1480. The van der Waals surface area contributed by atoms with Crippen molar-refractivity contribution >= 4 is 34.9 Å². The van der Waals surface area contributed by atoms with Crippen LogP contribution < -0.4 is 40.2 Å². The summed E-state index contributed by atoms with van der Waals surface area (Å²) >= 11 is 13.4. The third kappa shape index (κ3) is 7.22. The number of benzene rings is 2. The van der Waals surface area contributed by atoms with Crippen molar-refractivity contribution in [3.63, 3.8) is 0 Å². The fraction of sp³-hybridized carbons (Fsp3) is 0.471.